The fraction of sp³-hybridized carbons (Fsp3) is 0.250. The maximum Gasteiger partial charge on any atom is 0.0509 e. The molecule has 19 heavy (non-hydrogen) atoms. The van der Waals surface area contributed by atoms with Crippen LogP contribution in [0.25, 0.3) is 0 Å². The minimum Gasteiger partial charge on any atom is -0.341 e. The number of alkyl halides is 1. The molecular weight excluding hydrogens is 277 g/mol. The Bertz CT molecular complexity index is 549. The SMILES string of the molecule is CCN(c1ccc(C)cc1)c1cccc(Cl)c1CCl. The lowest BCUT2D eigenvalue weighted by molar-refractivity contribution is 1.01. The van der Waals surface area contributed by atoms with E-state index in [1.807, 2.05) is 12.1 Å². The van der Waals surface area contributed by atoms with Crippen molar-refractivity contribution >= 4 is 34.6 Å². The van der Waals surface area contributed by atoms with E-state index in [2.05, 4.69) is 49.1 Å². The molecule has 0 amide bonds. The van der Waals surface area contributed by atoms with Crippen LogP contribution in [-0.2, 0) is 5.88 Å². The van der Waals surface area contributed by atoms with E-state index in [4.69, 9.17) is 23.2 Å². The van der Waals surface area contributed by atoms with E-state index in [-0.39, 0.29) is 0 Å². The van der Waals surface area contributed by atoms with Gasteiger partial charge in [0.15, 0.2) is 0 Å². The van der Waals surface area contributed by atoms with Crippen LogP contribution in [0.5, 0.6) is 0 Å². The first kappa shape index (κ1) is 14.2. The number of nitrogens with zero attached hydrogens (tertiary/aromatic N) is 1. The summed E-state index contributed by atoms with van der Waals surface area (Å²) in [4.78, 5) is 2.23. The van der Waals surface area contributed by atoms with Crippen molar-refractivity contribution in [2.75, 3.05) is 11.4 Å². The summed E-state index contributed by atoms with van der Waals surface area (Å²) < 4.78 is 0. The van der Waals surface area contributed by atoms with Gasteiger partial charge >= 0.3 is 0 Å². The molecular formula is C16H17Cl2N. The van der Waals surface area contributed by atoms with Gasteiger partial charge in [-0.3, -0.25) is 0 Å². The van der Waals surface area contributed by atoms with Crippen LogP contribution in [0.15, 0.2) is 42.5 Å². The van der Waals surface area contributed by atoms with Crippen molar-refractivity contribution in [1.82, 2.24) is 0 Å². The second-order valence-corrected chi connectivity index (χ2v) is 5.13. The zero-order valence-corrected chi connectivity index (χ0v) is 12.7. The third-order valence-corrected chi connectivity index (χ3v) is 3.80. The van der Waals surface area contributed by atoms with Crippen LogP contribution in [-0.4, -0.2) is 6.54 Å². The second kappa shape index (κ2) is 6.31. The molecule has 3 heteroatoms. The van der Waals surface area contributed by atoms with Crippen molar-refractivity contribution < 1.29 is 0 Å². The summed E-state index contributed by atoms with van der Waals surface area (Å²) in [6.07, 6.45) is 0. The van der Waals surface area contributed by atoms with E-state index in [0.29, 0.717) is 5.88 Å². The lowest BCUT2D eigenvalue weighted by Crippen LogP contribution is -2.17. The highest BCUT2D eigenvalue weighted by atomic mass is 35.5. The fourth-order valence-corrected chi connectivity index (χ4v) is 2.73. The standard InChI is InChI=1S/C16H17Cl2N/c1-3-19(13-9-7-12(2)8-10-13)16-6-4-5-15(18)14(16)11-17/h4-10H,3,11H2,1-2H3. The maximum atomic E-state index is 6.23. The van der Waals surface area contributed by atoms with Crippen molar-refractivity contribution in [3.05, 3.63) is 58.6 Å². The summed E-state index contributed by atoms with van der Waals surface area (Å²) in [5.74, 6) is 0.414. The Morgan fingerprint density at radius 1 is 1.05 bits per heavy atom. The van der Waals surface area contributed by atoms with E-state index in [9.17, 15) is 0 Å². The number of halogens is 2. The first-order valence-electron chi connectivity index (χ1n) is 6.35. The quantitative estimate of drug-likeness (QED) is 0.669. The fourth-order valence-electron chi connectivity index (χ4n) is 2.15. The second-order valence-electron chi connectivity index (χ2n) is 4.45. The van der Waals surface area contributed by atoms with Gasteiger partial charge in [0.05, 0.1) is 5.88 Å². The van der Waals surface area contributed by atoms with Crippen molar-refractivity contribution in [2.24, 2.45) is 0 Å². The monoisotopic (exact) mass is 293 g/mol. The highest BCUT2D eigenvalue weighted by molar-refractivity contribution is 6.32. The van der Waals surface area contributed by atoms with E-state index < -0.39 is 0 Å². The van der Waals surface area contributed by atoms with Crippen molar-refractivity contribution in [3.8, 4) is 0 Å². The Labute approximate surface area is 124 Å². The summed E-state index contributed by atoms with van der Waals surface area (Å²) in [7, 11) is 0. The Hall–Kier alpha value is -1.18. The average Bonchev–Trinajstić information content (AvgIpc) is 2.42. The molecule has 0 aliphatic carbocycles. The molecule has 0 atom stereocenters. The molecule has 0 bridgehead atoms. The molecule has 0 radical (unpaired) electrons. The summed E-state index contributed by atoms with van der Waals surface area (Å²) >= 11 is 12.3. The van der Waals surface area contributed by atoms with Gasteiger partial charge in [-0.15, -0.1) is 11.6 Å². The summed E-state index contributed by atoms with van der Waals surface area (Å²) in [6.45, 7) is 5.08. The molecule has 100 valence electrons. The average molecular weight is 294 g/mol. The highest BCUT2D eigenvalue weighted by Gasteiger charge is 2.13. The predicted octanol–water partition coefficient (Wildman–Crippen LogP) is 5.55. The lowest BCUT2D eigenvalue weighted by atomic mass is 10.1. The van der Waals surface area contributed by atoms with E-state index in [0.717, 1.165) is 28.5 Å². The maximum absolute atomic E-state index is 6.23. The van der Waals surface area contributed by atoms with Crippen LogP contribution in [0.1, 0.15) is 18.1 Å². The van der Waals surface area contributed by atoms with Gasteiger partial charge in [0.2, 0.25) is 0 Å². The van der Waals surface area contributed by atoms with Crippen LogP contribution in [0.4, 0.5) is 11.4 Å². The number of rotatable bonds is 4. The summed E-state index contributed by atoms with van der Waals surface area (Å²) in [5.41, 5.74) is 4.47. The molecule has 2 rings (SSSR count). The summed E-state index contributed by atoms with van der Waals surface area (Å²) in [6, 6.07) is 14.4. The lowest BCUT2D eigenvalue weighted by Gasteiger charge is -2.26. The molecule has 0 saturated heterocycles. The van der Waals surface area contributed by atoms with Crippen LogP contribution >= 0.6 is 23.2 Å². The Morgan fingerprint density at radius 3 is 2.32 bits per heavy atom. The van der Waals surface area contributed by atoms with Crippen molar-refractivity contribution in [2.45, 2.75) is 19.7 Å². The third kappa shape index (κ3) is 3.05. The molecule has 0 aliphatic rings. The number of anilines is 2. The first-order valence-corrected chi connectivity index (χ1v) is 7.26. The largest absolute Gasteiger partial charge is 0.341 e. The van der Waals surface area contributed by atoms with Crippen LogP contribution in [0.2, 0.25) is 5.02 Å². The number of benzene rings is 2. The topological polar surface area (TPSA) is 3.24 Å². The minimum absolute atomic E-state index is 0.414. The van der Waals surface area contributed by atoms with E-state index >= 15 is 0 Å². The zero-order valence-electron chi connectivity index (χ0n) is 11.2. The molecule has 0 aliphatic heterocycles. The van der Waals surface area contributed by atoms with Gasteiger partial charge in [-0.1, -0.05) is 35.4 Å². The number of aryl methyl sites for hydroxylation is 1. The van der Waals surface area contributed by atoms with Gasteiger partial charge in [0.1, 0.15) is 0 Å². The molecule has 0 saturated carbocycles. The first-order chi connectivity index (χ1) is 9.17. The highest BCUT2D eigenvalue weighted by Crippen LogP contribution is 2.33. The molecule has 0 unspecified atom stereocenters. The predicted molar refractivity (Wildman–Crippen MR) is 84.9 cm³/mol. The molecule has 2 aromatic rings. The molecule has 1 nitrogen and oxygen atoms in total. The van der Waals surface area contributed by atoms with Crippen LogP contribution in [0, 0.1) is 6.92 Å². The number of hydrogen-bond acceptors (Lipinski definition) is 1. The zero-order chi connectivity index (χ0) is 13.8. The smallest absolute Gasteiger partial charge is 0.0509 e. The van der Waals surface area contributed by atoms with Crippen molar-refractivity contribution in [3.63, 3.8) is 0 Å². The summed E-state index contributed by atoms with van der Waals surface area (Å²) in [5, 5.41) is 0.720. The third-order valence-electron chi connectivity index (χ3n) is 3.18. The van der Waals surface area contributed by atoms with Gasteiger partial charge in [-0.2, -0.15) is 0 Å². The van der Waals surface area contributed by atoms with Crippen molar-refractivity contribution in [1.29, 1.82) is 0 Å². The Kier molecular flexibility index (Phi) is 4.73. The number of hydrogen-bond donors (Lipinski definition) is 0. The Morgan fingerprint density at radius 2 is 1.74 bits per heavy atom. The van der Waals surface area contributed by atoms with Crippen LogP contribution in [0.3, 0.4) is 0 Å². The van der Waals surface area contributed by atoms with Gasteiger partial charge in [0, 0.05) is 28.5 Å². The van der Waals surface area contributed by atoms with Crippen LogP contribution < -0.4 is 4.90 Å². The van der Waals surface area contributed by atoms with Gasteiger partial charge in [-0.05, 0) is 38.1 Å². The molecule has 0 N–H and O–H groups in total. The molecule has 0 spiro atoms. The van der Waals surface area contributed by atoms with Gasteiger partial charge < -0.3 is 4.90 Å². The molecule has 0 aromatic heterocycles. The molecule has 0 heterocycles. The Balaban J connectivity index is 2.48. The van der Waals surface area contributed by atoms with Gasteiger partial charge in [-0.25, -0.2) is 0 Å². The minimum atomic E-state index is 0.414. The van der Waals surface area contributed by atoms with E-state index in [1.165, 1.54) is 5.56 Å². The molecule has 2 aromatic carbocycles. The van der Waals surface area contributed by atoms with E-state index in [1.54, 1.807) is 0 Å². The molecule has 0 fully saturated rings. The normalized spacial score (nSPS) is 10.5. The van der Waals surface area contributed by atoms with Gasteiger partial charge in [0.25, 0.3) is 0 Å².